The van der Waals surface area contributed by atoms with Crippen molar-refractivity contribution in [1.82, 2.24) is 15.0 Å². The molecule has 0 aliphatic carbocycles. The minimum Gasteiger partial charge on any atom is -0.350 e. The Bertz CT molecular complexity index is 324. The summed E-state index contributed by atoms with van der Waals surface area (Å²) in [6, 6.07) is -0.839. The van der Waals surface area contributed by atoms with E-state index >= 15 is 0 Å². The van der Waals surface area contributed by atoms with E-state index in [1.54, 1.807) is 0 Å². The Hall–Kier alpha value is -0.990. The lowest BCUT2D eigenvalue weighted by Gasteiger charge is -2.15. The molecule has 0 bridgehead atoms. The van der Waals surface area contributed by atoms with Crippen LogP contribution in [-0.4, -0.2) is 23.9 Å². The zero-order valence-corrected chi connectivity index (χ0v) is 7.21. The SMILES string of the molecule is NC(=O)N1C=CN(S(=O)(=O)Cl)N1. The average Bonchev–Trinajstić information content (AvgIpc) is 2.30. The first-order valence-electron chi connectivity index (χ1n) is 2.68. The molecule has 0 radical (unpaired) electrons. The molecule has 0 aromatic heterocycles. The number of nitrogens with two attached hydrogens (primary N) is 1. The lowest BCUT2D eigenvalue weighted by Crippen LogP contribution is -2.45. The quantitative estimate of drug-likeness (QED) is 0.548. The van der Waals surface area contributed by atoms with E-state index in [4.69, 9.17) is 16.4 Å². The highest BCUT2D eigenvalue weighted by molar-refractivity contribution is 8.11. The van der Waals surface area contributed by atoms with Gasteiger partial charge in [-0.25, -0.2) is 9.80 Å². The molecule has 0 fully saturated rings. The van der Waals surface area contributed by atoms with Gasteiger partial charge in [0.15, 0.2) is 0 Å². The van der Waals surface area contributed by atoms with Gasteiger partial charge in [-0.1, -0.05) is 0 Å². The number of primary amides is 1. The number of rotatable bonds is 1. The topological polar surface area (TPSA) is 95.7 Å². The van der Waals surface area contributed by atoms with Crippen LogP contribution >= 0.6 is 10.7 Å². The Morgan fingerprint density at radius 1 is 1.50 bits per heavy atom. The van der Waals surface area contributed by atoms with Crippen LogP contribution < -0.4 is 11.3 Å². The van der Waals surface area contributed by atoms with Gasteiger partial charge in [0.2, 0.25) is 0 Å². The number of hydrogen-bond acceptors (Lipinski definition) is 4. The molecule has 1 aliphatic heterocycles. The minimum absolute atomic E-state index is 0.541. The van der Waals surface area contributed by atoms with Gasteiger partial charge in [0, 0.05) is 16.9 Å². The monoisotopic (exact) mass is 212 g/mol. The zero-order valence-electron chi connectivity index (χ0n) is 5.64. The van der Waals surface area contributed by atoms with Crippen molar-refractivity contribution in [1.29, 1.82) is 0 Å². The molecule has 9 heteroatoms. The van der Waals surface area contributed by atoms with E-state index < -0.39 is 15.3 Å². The Labute approximate surface area is 72.9 Å². The first-order valence-corrected chi connectivity index (χ1v) is 4.95. The second-order valence-electron chi connectivity index (χ2n) is 1.84. The molecule has 3 N–H and O–H groups in total. The normalized spacial score (nSPS) is 17.1. The third-order valence-corrected chi connectivity index (χ3v) is 2.15. The van der Waals surface area contributed by atoms with Crippen LogP contribution in [-0.2, 0) is 9.24 Å². The molecule has 0 saturated carbocycles. The molecule has 1 aliphatic rings. The number of nitrogens with one attached hydrogen (secondary N) is 1. The van der Waals surface area contributed by atoms with E-state index in [1.807, 2.05) is 0 Å². The highest BCUT2D eigenvalue weighted by Gasteiger charge is 2.23. The number of halogens is 1. The van der Waals surface area contributed by atoms with Crippen LogP contribution in [0.25, 0.3) is 0 Å². The van der Waals surface area contributed by atoms with Crippen molar-refractivity contribution in [2.45, 2.75) is 0 Å². The number of hydrogen-bond donors (Lipinski definition) is 2. The molecular formula is C3H5ClN4O3S. The average molecular weight is 213 g/mol. The number of nitrogens with zero attached hydrogens (tertiary/aromatic N) is 2. The molecule has 0 atom stereocenters. The fourth-order valence-corrected chi connectivity index (χ4v) is 1.16. The van der Waals surface area contributed by atoms with Gasteiger partial charge in [-0.05, 0) is 0 Å². The molecular weight excluding hydrogens is 208 g/mol. The lowest BCUT2D eigenvalue weighted by atomic mass is 10.8. The molecule has 68 valence electrons. The lowest BCUT2D eigenvalue weighted by molar-refractivity contribution is 0.188. The van der Waals surface area contributed by atoms with Crippen LogP contribution in [0.2, 0.25) is 0 Å². The van der Waals surface area contributed by atoms with E-state index in [0.717, 1.165) is 17.4 Å². The van der Waals surface area contributed by atoms with Crippen LogP contribution in [0.3, 0.4) is 0 Å². The second-order valence-corrected chi connectivity index (χ2v) is 4.23. The highest BCUT2D eigenvalue weighted by atomic mass is 35.7. The van der Waals surface area contributed by atoms with Gasteiger partial charge in [-0.15, -0.1) is 5.53 Å². The summed E-state index contributed by atoms with van der Waals surface area (Å²) in [6.07, 6.45) is 2.18. The van der Waals surface area contributed by atoms with Crippen LogP contribution in [0, 0.1) is 0 Å². The van der Waals surface area contributed by atoms with E-state index in [1.165, 1.54) is 0 Å². The third kappa shape index (κ3) is 1.78. The van der Waals surface area contributed by atoms with Crippen LogP contribution in [0.15, 0.2) is 12.4 Å². The summed E-state index contributed by atoms with van der Waals surface area (Å²) in [7, 11) is 1.00. The summed E-state index contributed by atoms with van der Waals surface area (Å²) in [5.74, 6) is 0. The Morgan fingerprint density at radius 2 is 2.08 bits per heavy atom. The third-order valence-electron chi connectivity index (χ3n) is 1.03. The van der Waals surface area contributed by atoms with E-state index in [2.05, 4.69) is 5.53 Å². The predicted octanol–water partition coefficient (Wildman–Crippen LogP) is -0.943. The summed E-state index contributed by atoms with van der Waals surface area (Å²) < 4.78 is 21.7. The van der Waals surface area contributed by atoms with Crippen LogP contribution in [0.1, 0.15) is 0 Å². The Kier molecular flexibility index (Phi) is 2.13. The van der Waals surface area contributed by atoms with Gasteiger partial charge in [-0.3, -0.25) is 0 Å². The molecule has 1 rings (SSSR count). The number of carbonyl (C=O) groups excluding carboxylic acids is 1. The van der Waals surface area contributed by atoms with Crippen LogP contribution in [0.5, 0.6) is 0 Å². The fourth-order valence-electron chi connectivity index (χ4n) is 0.544. The molecule has 7 nitrogen and oxygen atoms in total. The first-order chi connectivity index (χ1) is 5.41. The summed E-state index contributed by atoms with van der Waals surface area (Å²) >= 11 is 0. The second kappa shape index (κ2) is 2.81. The molecule has 0 aromatic carbocycles. The van der Waals surface area contributed by atoms with Gasteiger partial charge in [0.1, 0.15) is 0 Å². The van der Waals surface area contributed by atoms with Crippen LogP contribution in [0.4, 0.5) is 4.79 Å². The maximum absolute atomic E-state index is 10.6. The highest BCUT2D eigenvalue weighted by Crippen LogP contribution is 2.09. The molecule has 0 unspecified atom stereocenters. The van der Waals surface area contributed by atoms with Crippen molar-refractivity contribution >= 4 is 26.0 Å². The number of amides is 2. The van der Waals surface area contributed by atoms with E-state index in [9.17, 15) is 13.2 Å². The van der Waals surface area contributed by atoms with Crippen molar-refractivity contribution in [3.05, 3.63) is 12.4 Å². The Balaban J connectivity index is 2.72. The smallest absolute Gasteiger partial charge is 0.336 e. The summed E-state index contributed by atoms with van der Waals surface area (Å²) in [5.41, 5.74) is 6.90. The maximum atomic E-state index is 10.6. The summed E-state index contributed by atoms with van der Waals surface area (Å²) in [4.78, 5) is 10.4. The molecule has 2 amide bonds. The molecule has 12 heavy (non-hydrogen) atoms. The fraction of sp³-hybridized carbons (Fsp3) is 0. The minimum atomic E-state index is -3.91. The maximum Gasteiger partial charge on any atom is 0.336 e. The van der Waals surface area contributed by atoms with E-state index in [-0.39, 0.29) is 0 Å². The van der Waals surface area contributed by atoms with Gasteiger partial charge in [-0.2, -0.15) is 12.8 Å². The van der Waals surface area contributed by atoms with Crippen molar-refractivity contribution in [2.75, 3.05) is 0 Å². The van der Waals surface area contributed by atoms with Gasteiger partial charge in [0.25, 0.3) is 0 Å². The molecule has 1 heterocycles. The van der Waals surface area contributed by atoms with Gasteiger partial charge >= 0.3 is 15.3 Å². The number of urea groups is 1. The van der Waals surface area contributed by atoms with Gasteiger partial charge < -0.3 is 5.73 Å². The molecule has 0 spiro atoms. The van der Waals surface area contributed by atoms with Gasteiger partial charge in [0.05, 0.1) is 6.20 Å². The summed E-state index contributed by atoms with van der Waals surface area (Å²) in [6.45, 7) is 0. The van der Waals surface area contributed by atoms with E-state index in [0.29, 0.717) is 4.41 Å². The molecule has 0 aromatic rings. The zero-order chi connectivity index (χ0) is 9.35. The number of carbonyl (C=O) groups is 1. The summed E-state index contributed by atoms with van der Waals surface area (Å²) in [5, 5.41) is 0.764. The predicted molar refractivity (Wildman–Crippen MR) is 40.3 cm³/mol. The van der Waals surface area contributed by atoms with Crippen molar-refractivity contribution in [2.24, 2.45) is 5.73 Å². The number of hydrazine groups is 2. The standard InChI is InChI=1S/C3H5ClN4O3S/c4-12(10,11)8-2-1-7(6-8)3(5)9/h1-2,6H,(H2,5,9). The Morgan fingerprint density at radius 3 is 2.33 bits per heavy atom. The largest absolute Gasteiger partial charge is 0.350 e. The first kappa shape index (κ1) is 9.10. The van der Waals surface area contributed by atoms with Crippen molar-refractivity contribution in [3.8, 4) is 0 Å². The molecule has 0 saturated heterocycles. The van der Waals surface area contributed by atoms with Crippen molar-refractivity contribution < 1.29 is 13.2 Å². The van der Waals surface area contributed by atoms with Crippen molar-refractivity contribution in [3.63, 3.8) is 0 Å².